The van der Waals surface area contributed by atoms with Gasteiger partial charge < -0.3 is 24.3 Å². The maximum absolute atomic E-state index is 11.5. The van der Waals surface area contributed by atoms with Crippen molar-refractivity contribution in [1.82, 2.24) is 9.97 Å². The Morgan fingerprint density at radius 1 is 1.09 bits per heavy atom. The Morgan fingerprint density at radius 2 is 1.88 bits per heavy atom. The first-order chi connectivity index (χ1) is 15.4. The number of halogens is 2. The molecule has 1 saturated heterocycles. The summed E-state index contributed by atoms with van der Waals surface area (Å²) in [6, 6.07) is 6.60. The van der Waals surface area contributed by atoms with E-state index in [1.165, 1.54) is 20.4 Å². The summed E-state index contributed by atoms with van der Waals surface area (Å²) in [7, 11) is 1.52. The third-order valence-corrected chi connectivity index (χ3v) is 5.50. The van der Waals surface area contributed by atoms with Crippen molar-refractivity contribution in [3.8, 4) is 17.2 Å². The molecule has 10 heteroatoms. The van der Waals surface area contributed by atoms with E-state index in [0.29, 0.717) is 62.9 Å². The second kappa shape index (κ2) is 9.77. The predicted molar refractivity (Wildman–Crippen MR) is 122 cm³/mol. The second-order valence-electron chi connectivity index (χ2n) is 7.15. The van der Waals surface area contributed by atoms with Crippen LogP contribution in [0.3, 0.4) is 0 Å². The number of nitrogens with one attached hydrogen (secondary N) is 1. The lowest BCUT2D eigenvalue weighted by molar-refractivity contribution is -0.131. The van der Waals surface area contributed by atoms with Gasteiger partial charge in [-0.05, 0) is 6.07 Å². The number of ether oxygens (including phenoxy) is 4. The first kappa shape index (κ1) is 22.4. The summed E-state index contributed by atoms with van der Waals surface area (Å²) in [4.78, 5) is 20.3. The van der Waals surface area contributed by atoms with E-state index in [-0.39, 0.29) is 6.10 Å². The third-order valence-electron chi connectivity index (χ3n) is 4.89. The van der Waals surface area contributed by atoms with Crippen molar-refractivity contribution in [3.63, 3.8) is 0 Å². The molecule has 4 rings (SSSR count). The van der Waals surface area contributed by atoms with Gasteiger partial charge in [-0.15, -0.1) is 0 Å². The largest absolute Gasteiger partial charge is 0.495 e. The fraction of sp³-hybridized carbons (Fsp3) is 0.318. The maximum Gasteiger partial charge on any atom is 0.308 e. The molecule has 1 aromatic heterocycles. The van der Waals surface area contributed by atoms with Crippen LogP contribution in [0.5, 0.6) is 17.2 Å². The van der Waals surface area contributed by atoms with Crippen LogP contribution in [0.25, 0.3) is 10.9 Å². The molecular formula is C22H21Cl2N3O5. The van der Waals surface area contributed by atoms with E-state index in [9.17, 15) is 4.79 Å². The second-order valence-corrected chi connectivity index (χ2v) is 7.97. The molecule has 32 heavy (non-hydrogen) atoms. The average Bonchev–Trinajstić information content (AvgIpc) is 2.76. The van der Waals surface area contributed by atoms with E-state index < -0.39 is 5.97 Å². The van der Waals surface area contributed by atoms with Gasteiger partial charge in [0, 0.05) is 38.0 Å². The number of esters is 1. The number of methoxy groups -OCH3 is 1. The van der Waals surface area contributed by atoms with E-state index in [0.717, 1.165) is 12.8 Å². The van der Waals surface area contributed by atoms with Gasteiger partial charge in [0.15, 0.2) is 0 Å². The van der Waals surface area contributed by atoms with E-state index >= 15 is 0 Å². The van der Waals surface area contributed by atoms with Gasteiger partial charge in [-0.25, -0.2) is 9.97 Å². The highest BCUT2D eigenvalue weighted by Crippen LogP contribution is 2.40. The number of carbonyl (C=O) groups is 1. The number of hydrogen-bond donors (Lipinski definition) is 1. The zero-order valence-electron chi connectivity index (χ0n) is 17.5. The van der Waals surface area contributed by atoms with Crippen LogP contribution >= 0.6 is 23.2 Å². The Morgan fingerprint density at radius 3 is 2.59 bits per heavy atom. The van der Waals surface area contributed by atoms with Crippen LogP contribution in [-0.2, 0) is 9.53 Å². The number of fused-ring (bicyclic) bond motifs is 1. The van der Waals surface area contributed by atoms with Crippen LogP contribution in [0.15, 0.2) is 30.6 Å². The molecule has 0 amide bonds. The van der Waals surface area contributed by atoms with Gasteiger partial charge in [-0.3, -0.25) is 4.79 Å². The Labute approximate surface area is 194 Å². The van der Waals surface area contributed by atoms with Crippen molar-refractivity contribution >= 4 is 51.6 Å². The Bertz CT molecular complexity index is 1150. The van der Waals surface area contributed by atoms with Gasteiger partial charge in [0.05, 0.1) is 47.0 Å². The Balaban J connectivity index is 1.79. The quantitative estimate of drug-likeness (QED) is 0.383. The first-order valence-electron chi connectivity index (χ1n) is 9.96. The summed E-state index contributed by atoms with van der Waals surface area (Å²) >= 11 is 12.5. The van der Waals surface area contributed by atoms with Crippen molar-refractivity contribution < 1.29 is 23.7 Å². The van der Waals surface area contributed by atoms with Crippen molar-refractivity contribution in [3.05, 3.63) is 40.6 Å². The van der Waals surface area contributed by atoms with E-state index in [1.807, 2.05) is 0 Å². The first-order valence-corrected chi connectivity index (χ1v) is 10.7. The molecule has 0 atom stereocenters. The molecule has 8 nitrogen and oxygen atoms in total. The molecule has 0 bridgehead atoms. The standard InChI is InChI=1S/C22H21Cl2N3O5/c1-12(28)31-14-7-18-21(20(8-14)32-13-3-5-30-6-4-13)22(26-11-25-18)27-17-10-19(29-2)16(24)9-15(17)23/h7-11,13H,3-6H2,1-2H3,(H,25,26,27). The molecule has 0 saturated carbocycles. The smallest absolute Gasteiger partial charge is 0.308 e. The van der Waals surface area contributed by atoms with Crippen LogP contribution in [0.4, 0.5) is 11.5 Å². The summed E-state index contributed by atoms with van der Waals surface area (Å²) in [5.41, 5.74) is 1.09. The number of aromatic nitrogens is 2. The summed E-state index contributed by atoms with van der Waals surface area (Å²) in [6.07, 6.45) is 2.85. The lowest BCUT2D eigenvalue weighted by atomic mass is 10.1. The van der Waals surface area contributed by atoms with Gasteiger partial charge in [0.25, 0.3) is 0 Å². The van der Waals surface area contributed by atoms with Crippen molar-refractivity contribution in [2.45, 2.75) is 25.9 Å². The number of hydrogen-bond acceptors (Lipinski definition) is 8. The molecular weight excluding hydrogens is 457 g/mol. The van der Waals surface area contributed by atoms with Gasteiger partial charge in [0.2, 0.25) is 0 Å². The highest BCUT2D eigenvalue weighted by atomic mass is 35.5. The molecule has 0 spiro atoms. The number of benzene rings is 2. The van der Waals surface area contributed by atoms with Gasteiger partial charge in [0.1, 0.15) is 35.5 Å². The van der Waals surface area contributed by atoms with E-state index in [2.05, 4.69) is 15.3 Å². The summed E-state index contributed by atoms with van der Waals surface area (Å²) in [5.74, 6) is 1.33. The third kappa shape index (κ3) is 4.98. The minimum absolute atomic E-state index is 0.0493. The minimum atomic E-state index is -0.436. The molecule has 1 aliphatic rings. The SMILES string of the molecule is COc1cc(Nc2ncnc3cc(OC(C)=O)cc(OC4CCOCC4)c23)c(Cl)cc1Cl. The fourth-order valence-electron chi connectivity index (χ4n) is 3.42. The van der Waals surface area contributed by atoms with Crippen molar-refractivity contribution in [1.29, 1.82) is 0 Å². The number of carbonyl (C=O) groups excluding carboxylic acids is 1. The maximum atomic E-state index is 11.5. The summed E-state index contributed by atoms with van der Waals surface area (Å²) in [5, 5.41) is 4.63. The van der Waals surface area contributed by atoms with Crippen LogP contribution in [-0.4, -0.2) is 42.4 Å². The molecule has 3 aromatic rings. The molecule has 1 N–H and O–H groups in total. The van der Waals surface area contributed by atoms with Crippen LogP contribution in [0, 0.1) is 0 Å². The van der Waals surface area contributed by atoms with Gasteiger partial charge in [-0.1, -0.05) is 23.2 Å². The van der Waals surface area contributed by atoms with Crippen LogP contribution < -0.4 is 19.5 Å². The minimum Gasteiger partial charge on any atom is -0.495 e. The van der Waals surface area contributed by atoms with Gasteiger partial charge in [-0.2, -0.15) is 0 Å². The number of rotatable bonds is 6. The number of anilines is 2. The average molecular weight is 478 g/mol. The van der Waals surface area contributed by atoms with Crippen LogP contribution in [0.2, 0.25) is 10.0 Å². The zero-order valence-corrected chi connectivity index (χ0v) is 19.0. The molecule has 0 aliphatic carbocycles. The monoisotopic (exact) mass is 477 g/mol. The molecule has 1 aliphatic heterocycles. The summed E-state index contributed by atoms with van der Waals surface area (Å²) in [6.45, 7) is 2.58. The highest BCUT2D eigenvalue weighted by molar-refractivity contribution is 6.37. The zero-order chi connectivity index (χ0) is 22.7. The molecule has 0 unspecified atom stereocenters. The summed E-state index contributed by atoms with van der Waals surface area (Å²) < 4.78 is 22.3. The normalized spacial score (nSPS) is 14.2. The fourth-order valence-corrected chi connectivity index (χ4v) is 3.93. The topological polar surface area (TPSA) is 91.8 Å². The molecule has 1 fully saturated rings. The lowest BCUT2D eigenvalue weighted by Gasteiger charge is -2.24. The predicted octanol–water partition coefficient (Wildman–Crippen LogP) is 5.17. The van der Waals surface area contributed by atoms with E-state index in [4.69, 9.17) is 42.1 Å². The van der Waals surface area contributed by atoms with Crippen molar-refractivity contribution in [2.24, 2.45) is 0 Å². The van der Waals surface area contributed by atoms with E-state index in [1.54, 1.807) is 24.3 Å². The Hall–Kier alpha value is -2.81. The molecule has 2 heterocycles. The molecule has 168 valence electrons. The van der Waals surface area contributed by atoms with Crippen LogP contribution in [0.1, 0.15) is 19.8 Å². The van der Waals surface area contributed by atoms with Gasteiger partial charge >= 0.3 is 5.97 Å². The molecule has 2 aromatic carbocycles. The molecule has 0 radical (unpaired) electrons. The number of nitrogens with zero attached hydrogens (tertiary/aromatic N) is 2. The lowest BCUT2D eigenvalue weighted by Crippen LogP contribution is -2.26. The highest BCUT2D eigenvalue weighted by Gasteiger charge is 2.21. The van der Waals surface area contributed by atoms with Crippen molar-refractivity contribution in [2.75, 3.05) is 25.6 Å². The Kier molecular flexibility index (Phi) is 6.83.